The second kappa shape index (κ2) is 4.98. The molecule has 1 heterocycles. The van der Waals surface area contributed by atoms with E-state index >= 15 is 0 Å². The first-order valence-corrected chi connectivity index (χ1v) is 8.61. The van der Waals surface area contributed by atoms with Crippen molar-refractivity contribution in [3.05, 3.63) is 24.3 Å². The molecule has 0 radical (unpaired) electrons. The molecule has 7 nitrogen and oxygen atoms in total. The van der Waals surface area contributed by atoms with Crippen LogP contribution in [0.4, 0.5) is 11.4 Å². The summed E-state index contributed by atoms with van der Waals surface area (Å²) >= 11 is 0. The summed E-state index contributed by atoms with van der Waals surface area (Å²) in [4.78, 5) is 23.2. The summed E-state index contributed by atoms with van der Waals surface area (Å²) < 4.78 is 25.1. The Kier molecular flexibility index (Phi) is 3.36. The van der Waals surface area contributed by atoms with Crippen molar-refractivity contribution in [2.45, 2.75) is 19.3 Å². The summed E-state index contributed by atoms with van der Waals surface area (Å²) in [6.45, 7) is 0.415. The molecule has 1 aliphatic carbocycles. The summed E-state index contributed by atoms with van der Waals surface area (Å²) in [5.74, 6) is -1.56. The van der Waals surface area contributed by atoms with Gasteiger partial charge in [-0.05, 0) is 37.5 Å². The van der Waals surface area contributed by atoms with E-state index in [2.05, 4.69) is 5.32 Å². The molecule has 0 atom stereocenters. The number of aliphatic carboxylic acids is 1. The van der Waals surface area contributed by atoms with E-state index in [1.165, 1.54) is 4.31 Å². The van der Waals surface area contributed by atoms with Crippen LogP contribution in [0, 0.1) is 5.41 Å². The lowest BCUT2D eigenvalue weighted by molar-refractivity contribution is -0.147. The highest BCUT2D eigenvalue weighted by atomic mass is 32.2. The molecule has 1 amide bonds. The van der Waals surface area contributed by atoms with Crippen LogP contribution >= 0.6 is 0 Å². The predicted molar refractivity (Wildman–Crippen MR) is 80.1 cm³/mol. The molecule has 0 unspecified atom stereocenters. The molecule has 22 heavy (non-hydrogen) atoms. The third-order valence-corrected chi connectivity index (χ3v) is 5.95. The number of hydrogen-bond acceptors (Lipinski definition) is 4. The van der Waals surface area contributed by atoms with Crippen molar-refractivity contribution in [2.75, 3.05) is 21.9 Å². The molecular formula is C14H16N2O5S. The van der Waals surface area contributed by atoms with E-state index in [0.29, 0.717) is 37.2 Å². The Bertz CT molecular complexity index is 739. The molecular weight excluding hydrogens is 308 g/mol. The van der Waals surface area contributed by atoms with Crippen LogP contribution in [-0.2, 0) is 19.6 Å². The van der Waals surface area contributed by atoms with Gasteiger partial charge in [0.2, 0.25) is 15.9 Å². The lowest BCUT2D eigenvalue weighted by Crippen LogP contribution is -2.31. The molecule has 1 aromatic carbocycles. The highest BCUT2D eigenvalue weighted by Crippen LogP contribution is 2.46. The summed E-state index contributed by atoms with van der Waals surface area (Å²) in [6.07, 6.45) is 1.23. The summed E-state index contributed by atoms with van der Waals surface area (Å²) in [5.41, 5.74) is -0.442. The largest absolute Gasteiger partial charge is 0.480 e. The molecule has 0 aromatic heterocycles. The lowest BCUT2D eigenvalue weighted by atomic mass is 10.1. The first kappa shape index (κ1) is 14.8. The van der Waals surface area contributed by atoms with Gasteiger partial charge in [-0.3, -0.25) is 13.9 Å². The number of rotatable bonds is 4. The number of amides is 1. The van der Waals surface area contributed by atoms with Crippen LogP contribution in [0.25, 0.3) is 0 Å². The van der Waals surface area contributed by atoms with Crippen LogP contribution in [-0.4, -0.2) is 37.7 Å². The third kappa shape index (κ3) is 2.43. The van der Waals surface area contributed by atoms with Crippen LogP contribution < -0.4 is 9.62 Å². The van der Waals surface area contributed by atoms with E-state index in [1.807, 2.05) is 0 Å². The molecule has 3 rings (SSSR count). The van der Waals surface area contributed by atoms with Crippen molar-refractivity contribution in [3.8, 4) is 0 Å². The van der Waals surface area contributed by atoms with Crippen molar-refractivity contribution >= 4 is 33.3 Å². The maximum absolute atomic E-state index is 12.1. The van der Waals surface area contributed by atoms with Crippen LogP contribution in [0.15, 0.2) is 24.3 Å². The predicted octanol–water partition coefficient (Wildman–Crippen LogP) is 1.03. The molecule has 1 aromatic rings. The number of nitrogens with one attached hydrogen (secondary N) is 1. The molecule has 1 saturated carbocycles. The van der Waals surface area contributed by atoms with Gasteiger partial charge in [-0.25, -0.2) is 8.42 Å². The van der Waals surface area contributed by atoms with Gasteiger partial charge in [0.25, 0.3) is 0 Å². The number of sulfonamides is 1. The zero-order valence-electron chi connectivity index (χ0n) is 11.8. The molecule has 2 aliphatic rings. The number of hydrogen-bond donors (Lipinski definition) is 2. The van der Waals surface area contributed by atoms with Crippen molar-refractivity contribution in [1.29, 1.82) is 0 Å². The second-order valence-electron chi connectivity index (χ2n) is 5.63. The number of carboxylic acids is 1. The van der Waals surface area contributed by atoms with Gasteiger partial charge in [0, 0.05) is 12.2 Å². The fourth-order valence-electron chi connectivity index (χ4n) is 2.58. The minimum atomic E-state index is -3.29. The molecule has 1 saturated heterocycles. The smallest absolute Gasteiger partial charge is 0.319 e. The first-order chi connectivity index (χ1) is 10.3. The molecule has 0 bridgehead atoms. The second-order valence-corrected chi connectivity index (χ2v) is 7.65. The van der Waals surface area contributed by atoms with Gasteiger partial charge >= 0.3 is 5.97 Å². The Hall–Kier alpha value is -2.09. The number of carboxylic acid groups (broad SMARTS) is 1. The normalized spacial score (nSPS) is 21.4. The average molecular weight is 324 g/mol. The number of nitrogens with zero attached hydrogens (tertiary/aromatic N) is 1. The Morgan fingerprint density at radius 2 is 2.00 bits per heavy atom. The van der Waals surface area contributed by atoms with Crippen LogP contribution in [0.2, 0.25) is 0 Å². The lowest BCUT2D eigenvalue weighted by Gasteiger charge is -2.18. The van der Waals surface area contributed by atoms with Gasteiger partial charge in [-0.15, -0.1) is 0 Å². The van der Waals surface area contributed by atoms with Crippen LogP contribution in [0.1, 0.15) is 19.3 Å². The van der Waals surface area contributed by atoms with E-state index in [-0.39, 0.29) is 5.75 Å². The van der Waals surface area contributed by atoms with Gasteiger partial charge in [-0.2, -0.15) is 0 Å². The maximum Gasteiger partial charge on any atom is 0.319 e. The van der Waals surface area contributed by atoms with Crippen molar-refractivity contribution in [2.24, 2.45) is 5.41 Å². The van der Waals surface area contributed by atoms with E-state index < -0.39 is 27.3 Å². The minimum absolute atomic E-state index is 0.117. The minimum Gasteiger partial charge on any atom is -0.480 e. The summed E-state index contributed by atoms with van der Waals surface area (Å²) in [5, 5.41) is 11.7. The Balaban J connectivity index is 1.81. The molecule has 2 fully saturated rings. The molecule has 118 valence electrons. The molecule has 0 spiro atoms. The van der Waals surface area contributed by atoms with Crippen LogP contribution in [0.5, 0.6) is 0 Å². The maximum atomic E-state index is 12.1. The van der Waals surface area contributed by atoms with E-state index in [9.17, 15) is 18.0 Å². The summed E-state index contributed by atoms with van der Waals surface area (Å²) in [7, 11) is -3.29. The molecule has 2 N–H and O–H groups in total. The van der Waals surface area contributed by atoms with Gasteiger partial charge in [0.1, 0.15) is 5.41 Å². The number of benzene rings is 1. The fraction of sp³-hybridized carbons (Fsp3) is 0.429. The fourth-order valence-corrected chi connectivity index (χ4v) is 4.14. The Labute approximate surface area is 128 Å². The number of anilines is 2. The van der Waals surface area contributed by atoms with Crippen LogP contribution in [0.3, 0.4) is 0 Å². The topological polar surface area (TPSA) is 104 Å². The zero-order chi connectivity index (χ0) is 16.0. The Morgan fingerprint density at radius 1 is 1.27 bits per heavy atom. The Morgan fingerprint density at radius 3 is 2.55 bits per heavy atom. The zero-order valence-corrected chi connectivity index (χ0v) is 12.6. The summed E-state index contributed by atoms with van der Waals surface area (Å²) in [6, 6.07) is 6.46. The monoisotopic (exact) mass is 324 g/mol. The number of carbonyl (C=O) groups excluding carboxylic acids is 1. The molecule has 8 heteroatoms. The van der Waals surface area contributed by atoms with E-state index in [0.717, 1.165) is 0 Å². The standard InChI is InChI=1S/C14H16N2O5S/c17-12(14(5-6-14)13(18)19)15-10-3-1-4-11(9-10)16-7-2-8-22(16,20)21/h1,3-4,9H,2,5-8H2,(H,15,17)(H,18,19). The highest BCUT2D eigenvalue weighted by molar-refractivity contribution is 7.93. The van der Waals surface area contributed by atoms with Crippen molar-refractivity contribution in [3.63, 3.8) is 0 Å². The molecule has 1 aliphatic heterocycles. The van der Waals surface area contributed by atoms with Crippen molar-refractivity contribution < 1.29 is 23.1 Å². The number of carbonyl (C=O) groups is 2. The SMILES string of the molecule is O=C(O)C1(C(=O)Nc2cccc(N3CCCS3(=O)=O)c2)CC1. The average Bonchev–Trinajstić information content (AvgIpc) is 3.19. The van der Waals surface area contributed by atoms with E-state index in [1.54, 1.807) is 24.3 Å². The van der Waals surface area contributed by atoms with Crippen molar-refractivity contribution in [1.82, 2.24) is 0 Å². The van der Waals surface area contributed by atoms with Gasteiger partial charge in [0.05, 0.1) is 11.4 Å². The van der Waals surface area contributed by atoms with E-state index in [4.69, 9.17) is 5.11 Å². The quantitative estimate of drug-likeness (QED) is 0.805. The van der Waals surface area contributed by atoms with Gasteiger partial charge < -0.3 is 10.4 Å². The van der Waals surface area contributed by atoms with Gasteiger partial charge in [0.15, 0.2) is 0 Å². The first-order valence-electron chi connectivity index (χ1n) is 7.00. The third-order valence-electron chi connectivity index (χ3n) is 4.09. The van der Waals surface area contributed by atoms with Gasteiger partial charge in [-0.1, -0.05) is 6.07 Å². The highest BCUT2D eigenvalue weighted by Gasteiger charge is 2.57.